The van der Waals surface area contributed by atoms with E-state index in [4.69, 9.17) is 0 Å². The Morgan fingerprint density at radius 3 is 2.72 bits per heavy atom. The number of carbonyl (C=O) groups excluding carboxylic acids is 1. The molecule has 0 bridgehead atoms. The van der Waals surface area contributed by atoms with Crippen LogP contribution in [0.4, 0.5) is 11.4 Å². The van der Waals surface area contributed by atoms with Crippen molar-refractivity contribution in [3.05, 3.63) is 54.4 Å². The zero-order valence-electron chi connectivity index (χ0n) is 9.63. The van der Waals surface area contributed by atoms with E-state index in [1.807, 2.05) is 42.5 Å². The summed E-state index contributed by atoms with van der Waals surface area (Å²) in [5.41, 5.74) is 2.94. The minimum atomic E-state index is -0.0654. The van der Waals surface area contributed by atoms with Crippen molar-refractivity contribution in [1.82, 2.24) is 4.98 Å². The molecule has 3 rings (SSSR count). The monoisotopic (exact) mass is 237 g/mol. The number of aromatic nitrogens is 1. The summed E-state index contributed by atoms with van der Waals surface area (Å²) in [7, 11) is 0. The zero-order valence-corrected chi connectivity index (χ0v) is 9.63. The van der Waals surface area contributed by atoms with Crippen molar-refractivity contribution in [2.45, 2.75) is 6.42 Å². The number of fused-ring (bicyclic) bond motifs is 1. The molecule has 2 aromatic rings. The predicted octanol–water partition coefficient (Wildman–Crippen LogP) is 2.54. The molecule has 1 aliphatic heterocycles. The third-order valence-corrected chi connectivity index (χ3v) is 2.72. The number of nitrogens with one attached hydrogen (secondary N) is 1. The number of anilines is 1. The van der Waals surface area contributed by atoms with Crippen LogP contribution in [-0.4, -0.2) is 16.6 Å². The highest BCUT2D eigenvalue weighted by Gasteiger charge is 2.17. The molecular formula is C14H11N3O. The van der Waals surface area contributed by atoms with Gasteiger partial charge in [0.2, 0.25) is 5.91 Å². The van der Waals surface area contributed by atoms with E-state index in [-0.39, 0.29) is 12.3 Å². The highest BCUT2D eigenvalue weighted by molar-refractivity contribution is 6.16. The Morgan fingerprint density at radius 1 is 1.06 bits per heavy atom. The van der Waals surface area contributed by atoms with Gasteiger partial charge in [0, 0.05) is 6.20 Å². The van der Waals surface area contributed by atoms with E-state index in [0.717, 1.165) is 17.1 Å². The number of para-hydroxylation sites is 2. The number of aliphatic imine (C=N–C) groups is 1. The van der Waals surface area contributed by atoms with Crippen molar-refractivity contribution >= 4 is 23.0 Å². The maximum absolute atomic E-state index is 11.8. The molecular weight excluding hydrogens is 226 g/mol. The average molecular weight is 237 g/mol. The van der Waals surface area contributed by atoms with Crippen molar-refractivity contribution in [3.8, 4) is 0 Å². The van der Waals surface area contributed by atoms with Crippen LogP contribution in [0.5, 0.6) is 0 Å². The number of hydrogen-bond acceptors (Lipinski definition) is 3. The van der Waals surface area contributed by atoms with Gasteiger partial charge in [-0.25, -0.2) is 4.99 Å². The fourth-order valence-corrected chi connectivity index (χ4v) is 1.89. The second-order valence-electron chi connectivity index (χ2n) is 4.02. The lowest BCUT2D eigenvalue weighted by Gasteiger charge is -2.02. The number of rotatable bonds is 1. The maximum atomic E-state index is 11.8. The average Bonchev–Trinajstić information content (AvgIpc) is 2.57. The van der Waals surface area contributed by atoms with Crippen LogP contribution in [-0.2, 0) is 4.79 Å². The molecule has 2 heterocycles. The fraction of sp³-hybridized carbons (Fsp3) is 0.0714. The van der Waals surface area contributed by atoms with Crippen molar-refractivity contribution < 1.29 is 4.79 Å². The van der Waals surface area contributed by atoms with Crippen molar-refractivity contribution in [2.24, 2.45) is 4.99 Å². The molecule has 0 spiro atoms. The molecule has 0 unspecified atom stereocenters. The molecule has 0 saturated carbocycles. The molecule has 0 saturated heterocycles. The van der Waals surface area contributed by atoms with Gasteiger partial charge in [0.05, 0.1) is 29.2 Å². The van der Waals surface area contributed by atoms with Gasteiger partial charge in [0.1, 0.15) is 0 Å². The van der Waals surface area contributed by atoms with E-state index in [2.05, 4.69) is 15.3 Å². The second kappa shape index (κ2) is 4.41. The fourth-order valence-electron chi connectivity index (χ4n) is 1.89. The molecule has 88 valence electrons. The molecule has 1 aliphatic rings. The second-order valence-corrected chi connectivity index (χ2v) is 4.02. The highest BCUT2D eigenvalue weighted by atomic mass is 16.1. The summed E-state index contributed by atoms with van der Waals surface area (Å²) in [5.74, 6) is -0.0654. The number of pyridine rings is 1. The van der Waals surface area contributed by atoms with Gasteiger partial charge in [-0.15, -0.1) is 0 Å². The van der Waals surface area contributed by atoms with Crippen LogP contribution in [0.1, 0.15) is 12.1 Å². The molecule has 18 heavy (non-hydrogen) atoms. The van der Waals surface area contributed by atoms with Crippen molar-refractivity contribution in [2.75, 3.05) is 5.32 Å². The first kappa shape index (κ1) is 10.7. The lowest BCUT2D eigenvalue weighted by atomic mass is 10.2. The first-order chi connectivity index (χ1) is 8.83. The molecule has 1 N–H and O–H groups in total. The Morgan fingerprint density at radius 2 is 1.89 bits per heavy atom. The van der Waals surface area contributed by atoms with E-state index in [0.29, 0.717) is 5.71 Å². The first-order valence-electron chi connectivity index (χ1n) is 5.71. The summed E-state index contributed by atoms with van der Waals surface area (Å²) in [6, 6.07) is 13.1. The molecule has 0 aliphatic carbocycles. The minimum absolute atomic E-state index is 0.0654. The van der Waals surface area contributed by atoms with Crippen LogP contribution in [0.2, 0.25) is 0 Å². The van der Waals surface area contributed by atoms with Crippen molar-refractivity contribution in [3.63, 3.8) is 0 Å². The number of hydrogen-bond donors (Lipinski definition) is 1. The first-order valence-corrected chi connectivity index (χ1v) is 5.71. The van der Waals surface area contributed by atoms with Gasteiger partial charge < -0.3 is 5.32 Å². The molecule has 1 aromatic carbocycles. The SMILES string of the molecule is O=C1CC(c2ccccn2)=Nc2ccccc2N1. The largest absolute Gasteiger partial charge is 0.324 e. The van der Waals surface area contributed by atoms with Crippen LogP contribution >= 0.6 is 0 Å². The maximum Gasteiger partial charge on any atom is 0.230 e. The Hall–Kier alpha value is -2.49. The number of benzene rings is 1. The summed E-state index contributed by atoms with van der Waals surface area (Å²) in [5, 5.41) is 2.84. The highest BCUT2D eigenvalue weighted by Crippen LogP contribution is 2.28. The molecule has 4 heteroatoms. The predicted molar refractivity (Wildman–Crippen MR) is 70.1 cm³/mol. The minimum Gasteiger partial charge on any atom is -0.324 e. The summed E-state index contributed by atoms with van der Waals surface area (Å²) in [6.45, 7) is 0. The molecule has 0 atom stereocenters. The quantitative estimate of drug-likeness (QED) is 0.828. The van der Waals surface area contributed by atoms with Crippen LogP contribution < -0.4 is 5.32 Å². The topological polar surface area (TPSA) is 54.4 Å². The Labute approximate surface area is 104 Å². The molecule has 4 nitrogen and oxygen atoms in total. The van der Waals surface area contributed by atoms with Gasteiger partial charge in [-0.05, 0) is 24.3 Å². The Bertz CT molecular complexity index is 620. The number of amides is 1. The van der Waals surface area contributed by atoms with Gasteiger partial charge >= 0.3 is 0 Å². The third kappa shape index (κ3) is 2.00. The summed E-state index contributed by atoms with van der Waals surface area (Å²) < 4.78 is 0. The normalized spacial score (nSPS) is 14.2. The summed E-state index contributed by atoms with van der Waals surface area (Å²) in [4.78, 5) is 20.6. The zero-order chi connectivity index (χ0) is 12.4. The van der Waals surface area contributed by atoms with E-state index >= 15 is 0 Å². The van der Waals surface area contributed by atoms with E-state index in [1.54, 1.807) is 6.20 Å². The number of carbonyl (C=O) groups is 1. The van der Waals surface area contributed by atoms with Gasteiger partial charge in [-0.2, -0.15) is 0 Å². The van der Waals surface area contributed by atoms with Crippen LogP contribution in [0.3, 0.4) is 0 Å². The molecule has 0 fully saturated rings. The van der Waals surface area contributed by atoms with Crippen LogP contribution in [0, 0.1) is 0 Å². The lowest BCUT2D eigenvalue weighted by molar-refractivity contribution is -0.115. The van der Waals surface area contributed by atoms with Crippen LogP contribution in [0.25, 0.3) is 0 Å². The van der Waals surface area contributed by atoms with Gasteiger partial charge in [-0.3, -0.25) is 9.78 Å². The van der Waals surface area contributed by atoms with Gasteiger partial charge in [0.25, 0.3) is 0 Å². The smallest absolute Gasteiger partial charge is 0.230 e. The summed E-state index contributed by atoms with van der Waals surface area (Å²) in [6.07, 6.45) is 1.94. The molecule has 0 radical (unpaired) electrons. The van der Waals surface area contributed by atoms with Gasteiger partial charge in [0.15, 0.2) is 0 Å². The third-order valence-electron chi connectivity index (χ3n) is 2.72. The summed E-state index contributed by atoms with van der Waals surface area (Å²) >= 11 is 0. The Balaban J connectivity index is 2.11. The van der Waals surface area contributed by atoms with E-state index in [9.17, 15) is 4.79 Å². The van der Waals surface area contributed by atoms with E-state index in [1.165, 1.54) is 0 Å². The Kier molecular flexibility index (Phi) is 2.61. The number of nitrogens with zero attached hydrogens (tertiary/aromatic N) is 2. The standard InChI is InChI=1S/C14H11N3O/c18-14-9-13(10-5-3-4-8-15-10)16-11-6-1-2-7-12(11)17-14/h1-8H,9H2,(H,17,18). The van der Waals surface area contributed by atoms with Crippen molar-refractivity contribution in [1.29, 1.82) is 0 Å². The van der Waals surface area contributed by atoms with Crippen LogP contribution in [0.15, 0.2) is 53.7 Å². The van der Waals surface area contributed by atoms with Gasteiger partial charge in [-0.1, -0.05) is 18.2 Å². The molecule has 1 aromatic heterocycles. The molecule has 1 amide bonds. The van der Waals surface area contributed by atoms with E-state index < -0.39 is 0 Å². The lowest BCUT2D eigenvalue weighted by Crippen LogP contribution is -2.15.